The van der Waals surface area contributed by atoms with Gasteiger partial charge in [-0.3, -0.25) is 9.59 Å². The Bertz CT molecular complexity index is 910. The second-order valence-electron chi connectivity index (χ2n) is 8.41. The number of ether oxygens (including phenoxy) is 1. The second kappa shape index (κ2) is 12.6. The van der Waals surface area contributed by atoms with Crippen LogP contribution in [-0.2, 0) is 4.79 Å². The van der Waals surface area contributed by atoms with Crippen LogP contribution in [0.2, 0.25) is 0 Å². The van der Waals surface area contributed by atoms with E-state index in [1.807, 2.05) is 30.3 Å². The van der Waals surface area contributed by atoms with Gasteiger partial charge >= 0.3 is 0 Å². The fourth-order valence-corrected chi connectivity index (χ4v) is 4.36. The summed E-state index contributed by atoms with van der Waals surface area (Å²) < 4.78 is 6.72. The highest BCUT2D eigenvalue weighted by Gasteiger charge is 2.21. The van der Waals surface area contributed by atoms with Gasteiger partial charge in [0.2, 0.25) is 5.91 Å². The number of carbonyl (C=O) groups is 2. The van der Waals surface area contributed by atoms with Crippen LogP contribution in [0.4, 0.5) is 11.4 Å². The average molecular weight is 501 g/mol. The largest absolute Gasteiger partial charge is 0.493 e. The summed E-state index contributed by atoms with van der Waals surface area (Å²) in [6.07, 6.45) is 9.79. The second-order valence-corrected chi connectivity index (χ2v) is 9.32. The lowest BCUT2D eigenvalue weighted by Crippen LogP contribution is -2.24. The molecule has 0 aromatic heterocycles. The molecule has 2 aromatic carbocycles. The number of anilines is 2. The maximum absolute atomic E-state index is 13.0. The fraction of sp³-hybridized carbons (Fsp3) is 0.462. The number of unbranched alkanes of at least 4 members (excludes halogenated alkanes) is 3. The molecule has 2 amide bonds. The summed E-state index contributed by atoms with van der Waals surface area (Å²) in [5, 5.41) is 5.95. The summed E-state index contributed by atoms with van der Waals surface area (Å²) in [5.41, 5.74) is 1.80. The molecule has 172 valence electrons. The van der Waals surface area contributed by atoms with E-state index in [1.54, 1.807) is 12.1 Å². The highest BCUT2D eigenvalue weighted by Crippen LogP contribution is 2.27. The molecule has 5 nitrogen and oxygen atoms in total. The Hall–Kier alpha value is -2.34. The third-order valence-electron chi connectivity index (χ3n) is 5.81. The molecular formula is C26H33BrN2O3. The summed E-state index contributed by atoms with van der Waals surface area (Å²) in [7, 11) is 0. The first kappa shape index (κ1) is 24.3. The number of rotatable bonds is 10. The molecule has 1 fully saturated rings. The standard InChI is InChI=1S/C26H33BrN2O3/c1-2-3-4-8-16-32-24-15-14-20(27)17-23(24)26(31)29-22-13-9-12-21(18-22)28-25(30)19-10-6-5-7-11-19/h9,12-15,17-19H,2-8,10-11,16H2,1H3,(H,28,30)(H,29,31). The number of hydrogen-bond acceptors (Lipinski definition) is 3. The fourth-order valence-electron chi connectivity index (χ4n) is 4.00. The maximum Gasteiger partial charge on any atom is 0.259 e. The van der Waals surface area contributed by atoms with Gasteiger partial charge in [0.05, 0.1) is 12.2 Å². The van der Waals surface area contributed by atoms with Crippen LogP contribution in [0, 0.1) is 5.92 Å². The third kappa shape index (κ3) is 7.37. The van der Waals surface area contributed by atoms with E-state index in [1.165, 1.54) is 19.3 Å². The van der Waals surface area contributed by atoms with Crippen molar-refractivity contribution in [2.45, 2.75) is 64.7 Å². The number of hydrogen-bond donors (Lipinski definition) is 2. The van der Waals surface area contributed by atoms with Gasteiger partial charge in [0, 0.05) is 21.8 Å². The van der Waals surface area contributed by atoms with Crippen LogP contribution < -0.4 is 15.4 Å². The lowest BCUT2D eigenvalue weighted by Gasteiger charge is -2.21. The van der Waals surface area contributed by atoms with Gasteiger partial charge in [-0.15, -0.1) is 0 Å². The zero-order valence-corrected chi connectivity index (χ0v) is 20.4. The van der Waals surface area contributed by atoms with Crippen LogP contribution in [0.5, 0.6) is 5.75 Å². The predicted molar refractivity (Wildman–Crippen MR) is 133 cm³/mol. The molecule has 0 heterocycles. The van der Waals surface area contributed by atoms with E-state index in [-0.39, 0.29) is 17.7 Å². The molecule has 0 saturated heterocycles. The van der Waals surface area contributed by atoms with Crippen molar-refractivity contribution in [1.29, 1.82) is 0 Å². The lowest BCUT2D eigenvalue weighted by molar-refractivity contribution is -0.120. The quantitative estimate of drug-likeness (QED) is 0.339. The SMILES string of the molecule is CCCCCCOc1ccc(Br)cc1C(=O)Nc1cccc(NC(=O)C2CCCCC2)c1. The van der Waals surface area contributed by atoms with Gasteiger partial charge in [-0.1, -0.05) is 67.4 Å². The van der Waals surface area contributed by atoms with E-state index in [2.05, 4.69) is 33.5 Å². The van der Waals surface area contributed by atoms with Crippen molar-refractivity contribution in [1.82, 2.24) is 0 Å². The van der Waals surface area contributed by atoms with Crippen molar-refractivity contribution in [2.75, 3.05) is 17.2 Å². The van der Waals surface area contributed by atoms with Crippen molar-refractivity contribution < 1.29 is 14.3 Å². The minimum atomic E-state index is -0.245. The summed E-state index contributed by atoms with van der Waals surface area (Å²) >= 11 is 3.45. The molecule has 0 aliphatic heterocycles. The van der Waals surface area contributed by atoms with Gasteiger partial charge in [-0.05, 0) is 55.7 Å². The molecule has 0 unspecified atom stereocenters. The van der Waals surface area contributed by atoms with Gasteiger partial charge < -0.3 is 15.4 Å². The zero-order chi connectivity index (χ0) is 22.8. The van der Waals surface area contributed by atoms with Crippen molar-refractivity contribution in [2.24, 2.45) is 5.92 Å². The Balaban J connectivity index is 1.63. The molecule has 0 atom stereocenters. The smallest absolute Gasteiger partial charge is 0.259 e. The topological polar surface area (TPSA) is 67.4 Å². The highest BCUT2D eigenvalue weighted by atomic mass is 79.9. The molecular weight excluding hydrogens is 468 g/mol. The number of halogens is 1. The number of benzene rings is 2. The van der Waals surface area contributed by atoms with E-state index < -0.39 is 0 Å². The first-order valence-corrected chi connectivity index (χ1v) is 12.5. The van der Waals surface area contributed by atoms with E-state index >= 15 is 0 Å². The molecule has 1 aliphatic rings. The van der Waals surface area contributed by atoms with Gasteiger partial charge in [-0.2, -0.15) is 0 Å². The molecule has 6 heteroatoms. The first-order chi connectivity index (χ1) is 15.6. The molecule has 2 N–H and O–H groups in total. The number of amides is 2. The lowest BCUT2D eigenvalue weighted by atomic mass is 9.88. The average Bonchev–Trinajstić information content (AvgIpc) is 2.80. The van der Waals surface area contributed by atoms with Crippen LogP contribution in [-0.4, -0.2) is 18.4 Å². The summed E-state index contributed by atoms with van der Waals surface area (Å²) in [5.74, 6) is 0.481. The number of nitrogens with one attached hydrogen (secondary N) is 2. The van der Waals surface area contributed by atoms with E-state index in [0.717, 1.165) is 43.0 Å². The zero-order valence-electron chi connectivity index (χ0n) is 18.8. The Morgan fingerprint density at radius 2 is 1.72 bits per heavy atom. The third-order valence-corrected chi connectivity index (χ3v) is 6.30. The molecule has 0 spiro atoms. The molecule has 2 aromatic rings. The van der Waals surface area contributed by atoms with Crippen LogP contribution in [0.25, 0.3) is 0 Å². The Kier molecular flexibility index (Phi) is 9.60. The van der Waals surface area contributed by atoms with Gasteiger partial charge in [0.25, 0.3) is 5.91 Å². The molecule has 32 heavy (non-hydrogen) atoms. The Labute approximate surface area is 199 Å². The first-order valence-electron chi connectivity index (χ1n) is 11.7. The van der Waals surface area contributed by atoms with Gasteiger partial charge in [0.15, 0.2) is 0 Å². The Morgan fingerprint density at radius 1 is 0.969 bits per heavy atom. The molecule has 1 aliphatic carbocycles. The van der Waals surface area contributed by atoms with Crippen LogP contribution >= 0.6 is 15.9 Å². The van der Waals surface area contributed by atoms with Crippen LogP contribution in [0.1, 0.15) is 75.1 Å². The normalized spacial score (nSPS) is 14.1. The molecule has 0 radical (unpaired) electrons. The van der Waals surface area contributed by atoms with Crippen LogP contribution in [0.3, 0.4) is 0 Å². The van der Waals surface area contributed by atoms with E-state index in [0.29, 0.717) is 29.3 Å². The Morgan fingerprint density at radius 3 is 2.47 bits per heavy atom. The van der Waals surface area contributed by atoms with Crippen molar-refractivity contribution >= 4 is 39.1 Å². The molecule has 1 saturated carbocycles. The van der Waals surface area contributed by atoms with Crippen molar-refractivity contribution in [3.63, 3.8) is 0 Å². The van der Waals surface area contributed by atoms with E-state index in [9.17, 15) is 9.59 Å². The highest BCUT2D eigenvalue weighted by molar-refractivity contribution is 9.10. The van der Waals surface area contributed by atoms with Gasteiger partial charge in [0.1, 0.15) is 5.75 Å². The monoisotopic (exact) mass is 500 g/mol. The summed E-state index contributed by atoms with van der Waals surface area (Å²) in [6.45, 7) is 2.76. The predicted octanol–water partition coefficient (Wildman–Crippen LogP) is 7.18. The van der Waals surface area contributed by atoms with Gasteiger partial charge in [-0.25, -0.2) is 0 Å². The summed E-state index contributed by atoms with van der Waals surface area (Å²) in [6, 6.07) is 12.8. The van der Waals surface area contributed by atoms with Crippen molar-refractivity contribution in [3.05, 3.63) is 52.5 Å². The van der Waals surface area contributed by atoms with Crippen LogP contribution in [0.15, 0.2) is 46.9 Å². The number of carbonyl (C=O) groups excluding carboxylic acids is 2. The minimum absolute atomic E-state index is 0.0684. The maximum atomic E-state index is 13.0. The molecule has 0 bridgehead atoms. The molecule has 3 rings (SSSR count). The van der Waals surface area contributed by atoms with E-state index in [4.69, 9.17) is 4.74 Å². The minimum Gasteiger partial charge on any atom is -0.493 e. The van der Waals surface area contributed by atoms with Crippen molar-refractivity contribution in [3.8, 4) is 5.75 Å². The summed E-state index contributed by atoms with van der Waals surface area (Å²) in [4.78, 5) is 25.6.